The molecule has 3 heterocycles. The van der Waals surface area contributed by atoms with Gasteiger partial charge in [-0.3, -0.25) is 0 Å². The number of hydrogen-bond acceptors (Lipinski definition) is 5. The Bertz CT molecular complexity index is 206. The van der Waals surface area contributed by atoms with Crippen molar-refractivity contribution in [2.45, 2.75) is 49.8 Å². The van der Waals surface area contributed by atoms with Gasteiger partial charge in [0.15, 0.2) is 0 Å². The van der Waals surface area contributed by atoms with E-state index in [2.05, 4.69) is 0 Å². The van der Waals surface area contributed by atoms with Gasteiger partial charge in [-0.25, -0.2) is 0 Å². The lowest BCUT2D eigenvalue weighted by Gasteiger charge is -2.41. The van der Waals surface area contributed by atoms with Crippen LogP contribution in [0, 0.1) is 0 Å². The van der Waals surface area contributed by atoms with Crippen molar-refractivity contribution in [3.8, 4) is 0 Å². The van der Waals surface area contributed by atoms with Crippen molar-refractivity contribution < 1.29 is 24.8 Å². The van der Waals surface area contributed by atoms with Gasteiger partial charge in [-0.15, -0.1) is 0 Å². The molecule has 0 unspecified atom stereocenters. The van der Waals surface area contributed by atoms with E-state index >= 15 is 0 Å². The molecule has 5 heteroatoms. The minimum Gasteiger partial charge on any atom is -0.394 e. The topological polar surface area (TPSA) is 79.2 Å². The van der Waals surface area contributed by atoms with E-state index in [-0.39, 0.29) is 12.7 Å². The predicted octanol–water partition coefficient (Wildman–Crippen LogP) is -0.963. The summed E-state index contributed by atoms with van der Waals surface area (Å²) in [4.78, 5) is 0. The van der Waals surface area contributed by atoms with E-state index in [0.29, 0.717) is 13.0 Å². The van der Waals surface area contributed by atoms with Crippen LogP contribution >= 0.6 is 0 Å². The molecule has 3 fully saturated rings. The Morgan fingerprint density at radius 3 is 2.67 bits per heavy atom. The number of aliphatic hydroxyl groups excluding tert-OH is 3. The molecule has 0 aromatic heterocycles. The fraction of sp³-hybridized carbons (Fsp3) is 1.00. The van der Waals surface area contributed by atoms with Crippen LogP contribution in [0.15, 0.2) is 0 Å². The van der Waals surface area contributed by atoms with Crippen LogP contribution in [0.5, 0.6) is 0 Å². The molecule has 0 aromatic carbocycles. The molecule has 15 heavy (non-hydrogen) atoms. The summed E-state index contributed by atoms with van der Waals surface area (Å²) in [6.45, 7) is 0.353. The first-order valence-corrected chi connectivity index (χ1v) is 5.48. The van der Waals surface area contributed by atoms with Gasteiger partial charge in [0.1, 0.15) is 24.4 Å². The standard InChI is InChI=1S/C10H18O5/c11-5-7-10-9(13)8(12)6(15-7)3-1-2-4-14-10/h6-13H,1-5H2/t6-,7-,8+,9-,10-/m1/s1. The maximum atomic E-state index is 9.83. The molecule has 3 aliphatic heterocycles. The summed E-state index contributed by atoms with van der Waals surface area (Å²) >= 11 is 0. The minimum atomic E-state index is -0.959. The molecular formula is C10H18O5. The number of aliphatic hydroxyl groups is 3. The zero-order chi connectivity index (χ0) is 10.8. The summed E-state index contributed by atoms with van der Waals surface area (Å²) in [5, 5.41) is 28.7. The maximum absolute atomic E-state index is 9.83. The second-order valence-corrected chi connectivity index (χ2v) is 4.21. The predicted molar refractivity (Wildman–Crippen MR) is 51.4 cm³/mol. The quantitative estimate of drug-likeness (QED) is 0.528. The third kappa shape index (κ3) is 2.16. The second-order valence-electron chi connectivity index (χ2n) is 4.21. The van der Waals surface area contributed by atoms with Gasteiger partial charge in [-0.2, -0.15) is 0 Å². The van der Waals surface area contributed by atoms with Crippen LogP contribution in [-0.4, -0.2) is 59.1 Å². The molecule has 0 radical (unpaired) electrons. The molecule has 0 saturated carbocycles. The highest BCUT2D eigenvalue weighted by atomic mass is 16.6. The second kappa shape index (κ2) is 4.76. The Morgan fingerprint density at radius 1 is 1.13 bits per heavy atom. The average Bonchev–Trinajstić information content (AvgIpc) is 2.38. The normalized spacial score (nSPS) is 47.0. The van der Waals surface area contributed by atoms with E-state index in [1.165, 1.54) is 0 Å². The first kappa shape index (κ1) is 11.3. The molecule has 88 valence electrons. The molecule has 3 N–H and O–H groups in total. The monoisotopic (exact) mass is 218 g/mol. The van der Waals surface area contributed by atoms with Gasteiger partial charge >= 0.3 is 0 Å². The summed E-state index contributed by atoms with van der Waals surface area (Å²) in [7, 11) is 0. The third-order valence-corrected chi connectivity index (χ3v) is 3.16. The molecule has 5 nitrogen and oxygen atoms in total. The molecule has 3 aliphatic rings. The summed E-state index contributed by atoms with van der Waals surface area (Å²) in [6.07, 6.45) is -0.881. The SMILES string of the molecule is OC[C@H]1O[C@@H]2CCCCO[C@H]1[C@H](O)[C@H]2O. The maximum Gasteiger partial charge on any atom is 0.114 e. The van der Waals surface area contributed by atoms with Gasteiger partial charge < -0.3 is 24.8 Å². The van der Waals surface area contributed by atoms with Crippen LogP contribution in [0.3, 0.4) is 0 Å². The van der Waals surface area contributed by atoms with Crippen LogP contribution < -0.4 is 0 Å². The largest absolute Gasteiger partial charge is 0.394 e. The molecule has 0 amide bonds. The van der Waals surface area contributed by atoms with Gasteiger partial charge in [-0.1, -0.05) is 0 Å². The van der Waals surface area contributed by atoms with Crippen LogP contribution in [-0.2, 0) is 9.47 Å². The Balaban J connectivity index is 2.16. The van der Waals surface area contributed by atoms with Gasteiger partial charge in [0, 0.05) is 6.61 Å². The Morgan fingerprint density at radius 2 is 1.93 bits per heavy atom. The fourth-order valence-corrected chi connectivity index (χ4v) is 2.28. The molecule has 0 aromatic rings. The smallest absolute Gasteiger partial charge is 0.114 e. The number of rotatable bonds is 1. The fourth-order valence-electron chi connectivity index (χ4n) is 2.28. The highest BCUT2D eigenvalue weighted by Crippen LogP contribution is 2.28. The van der Waals surface area contributed by atoms with Crippen molar-refractivity contribution in [2.75, 3.05) is 13.2 Å². The zero-order valence-electron chi connectivity index (χ0n) is 8.58. The van der Waals surface area contributed by atoms with Gasteiger partial charge in [0.2, 0.25) is 0 Å². The van der Waals surface area contributed by atoms with Gasteiger partial charge in [0.05, 0.1) is 12.7 Å². The van der Waals surface area contributed by atoms with Gasteiger partial charge in [0.25, 0.3) is 0 Å². The van der Waals surface area contributed by atoms with E-state index in [9.17, 15) is 10.2 Å². The van der Waals surface area contributed by atoms with Crippen molar-refractivity contribution >= 4 is 0 Å². The lowest BCUT2D eigenvalue weighted by atomic mass is 9.93. The molecule has 5 atom stereocenters. The van der Waals surface area contributed by atoms with Crippen molar-refractivity contribution in [2.24, 2.45) is 0 Å². The Hall–Kier alpha value is -0.200. The lowest BCUT2D eigenvalue weighted by molar-refractivity contribution is -0.238. The van der Waals surface area contributed by atoms with E-state index in [0.717, 1.165) is 12.8 Å². The van der Waals surface area contributed by atoms with Crippen molar-refractivity contribution in [3.05, 3.63) is 0 Å². The van der Waals surface area contributed by atoms with Crippen LogP contribution in [0.2, 0.25) is 0 Å². The van der Waals surface area contributed by atoms with Crippen LogP contribution in [0.25, 0.3) is 0 Å². The molecular weight excluding hydrogens is 200 g/mol. The first-order chi connectivity index (χ1) is 7.24. The molecule has 2 bridgehead atoms. The number of fused-ring (bicyclic) bond motifs is 6. The molecule has 0 spiro atoms. The van der Waals surface area contributed by atoms with Crippen LogP contribution in [0.1, 0.15) is 19.3 Å². The molecule has 0 aliphatic carbocycles. The van der Waals surface area contributed by atoms with E-state index in [4.69, 9.17) is 14.6 Å². The highest BCUT2D eigenvalue weighted by Gasteiger charge is 2.45. The van der Waals surface area contributed by atoms with Crippen molar-refractivity contribution in [1.82, 2.24) is 0 Å². The van der Waals surface area contributed by atoms with Crippen molar-refractivity contribution in [3.63, 3.8) is 0 Å². The van der Waals surface area contributed by atoms with Crippen LogP contribution in [0.4, 0.5) is 0 Å². The number of hydrogen-bond donors (Lipinski definition) is 3. The summed E-state index contributed by atoms with van der Waals surface area (Å²) in [6, 6.07) is 0. The Labute approximate surface area is 88.6 Å². The van der Waals surface area contributed by atoms with E-state index in [1.54, 1.807) is 0 Å². The van der Waals surface area contributed by atoms with Gasteiger partial charge in [-0.05, 0) is 19.3 Å². The molecule has 3 rings (SSSR count). The highest BCUT2D eigenvalue weighted by molar-refractivity contribution is 4.93. The van der Waals surface area contributed by atoms with E-state index < -0.39 is 24.4 Å². The summed E-state index contributed by atoms with van der Waals surface area (Å²) in [5.41, 5.74) is 0. The Kier molecular flexibility index (Phi) is 3.58. The zero-order valence-corrected chi connectivity index (χ0v) is 8.58. The first-order valence-electron chi connectivity index (χ1n) is 5.48. The lowest BCUT2D eigenvalue weighted by Crippen LogP contribution is -2.58. The average molecular weight is 218 g/mol. The summed E-state index contributed by atoms with van der Waals surface area (Å²) in [5.74, 6) is 0. The summed E-state index contributed by atoms with van der Waals surface area (Å²) < 4.78 is 11.0. The molecule has 3 saturated heterocycles. The minimum absolute atomic E-state index is 0.190. The van der Waals surface area contributed by atoms with Crippen molar-refractivity contribution in [1.29, 1.82) is 0 Å². The number of ether oxygens (including phenoxy) is 2. The third-order valence-electron chi connectivity index (χ3n) is 3.16. The van der Waals surface area contributed by atoms with E-state index in [1.807, 2.05) is 0 Å².